The third-order valence-corrected chi connectivity index (χ3v) is 6.56. The molecule has 1 amide bonds. The van der Waals surface area contributed by atoms with Crippen molar-refractivity contribution in [2.45, 2.75) is 12.5 Å². The van der Waals surface area contributed by atoms with Gasteiger partial charge in [-0.05, 0) is 35.7 Å². The Morgan fingerprint density at radius 1 is 0.950 bits per heavy atom. The summed E-state index contributed by atoms with van der Waals surface area (Å²) in [4.78, 5) is 16.4. The number of amides is 1. The Morgan fingerprint density at radius 2 is 1.68 bits per heavy atom. The summed E-state index contributed by atoms with van der Waals surface area (Å²) in [6, 6.07) is 18.1. The van der Waals surface area contributed by atoms with Crippen molar-refractivity contribution in [2.75, 3.05) is 33.8 Å². The fraction of sp³-hybridized carbons (Fsp3) is 0.207. The average molecular weight is 543 g/mol. The monoisotopic (exact) mass is 542 g/mol. The number of para-hydroxylation sites is 1. The molecule has 11 nitrogen and oxygen atoms in total. The Bertz CT molecular complexity index is 1600. The molecule has 0 saturated carbocycles. The third-order valence-electron chi connectivity index (χ3n) is 6.56. The number of rotatable bonds is 10. The zero-order chi connectivity index (χ0) is 28.2. The highest BCUT2D eigenvalue weighted by atomic mass is 16.5. The summed E-state index contributed by atoms with van der Waals surface area (Å²) >= 11 is 0. The Hall–Kier alpha value is -5.03. The quantitative estimate of drug-likeness (QED) is 0.241. The van der Waals surface area contributed by atoms with Crippen LogP contribution in [0.5, 0.6) is 23.0 Å². The predicted molar refractivity (Wildman–Crippen MR) is 152 cm³/mol. The van der Waals surface area contributed by atoms with Crippen LogP contribution in [-0.2, 0) is 11.2 Å². The van der Waals surface area contributed by atoms with E-state index in [1.165, 1.54) is 7.11 Å². The lowest BCUT2D eigenvalue weighted by Crippen LogP contribution is -2.37. The number of carbonyl (C=O) groups excluding carboxylic acids is 1. The normalized spacial score (nSPS) is 11.7. The van der Waals surface area contributed by atoms with E-state index in [0.29, 0.717) is 46.5 Å². The number of nitrogens with two attached hydrogens (primary N) is 1. The van der Waals surface area contributed by atoms with Crippen LogP contribution in [0.1, 0.15) is 5.69 Å². The van der Waals surface area contributed by atoms with Crippen LogP contribution in [0.2, 0.25) is 0 Å². The average Bonchev–Trinajstić information content (AvgIpc) is 3.63. The molecule has 4 N–H and O–H groups in total. The summed E-state index contributed by atoms with van der Waals surface area (Å²) in [5.74, 6) is 1.57. The Balaban J connectivity index is 1.42. The molecular weight excluding hydrogens is 512 g/mol. The van der Waals surface area contributed by atoms with E-state index in [1.54, 1.807) is 56.5 Å². The van der Waals surface area contributed by atoms with Gasteiger partial charge in [0.25, 0.3) is 0 Å². The molecule has 206 valence electrons. The van der Waals surface area contributed by atoms with E-state index in [2.05, 4.69) is 20.6 Å². The highest BCUT2D eigenvalue weighted by Crippen LogP contribution is 2.40. The number of ether oxygens (including phenoxy) is 4. The van der Waals surface area contributed by atoms with Crippen LogP contribution in [0.4, 0.5) is 5.69 Å². The van der Waals surface area contributed by atoms with Gasteiger partial charge >= 0.3 is 0 Å². The highest BCUT2D eigenvalue weighted by molar-refractivity contribution is 5.97. The van der Waals surface area contributed by atoms with Gasteiger partial charge in [-0.2, -0.15) is 0 Å². The Labute approximate surface area is 230 Å². The van der Waals surface area contributed by atoms with Crippen LogP contribution in [-0.4, -0.2) is 60.4 Å². The maximum absolute atomic E-state index is 13.1. The molecule has 1 unspecified atom stereocenters. The molecule has 0 spiro atoms. The van der Waals surface area contributed by atoms with Gasteiger partial charge in [0.15, 0.2) is 11.5 Å². The molecule has 5 rings (SSSR count). The van der Waals surface area contributed by atoms with Gasteiger partial charge in [0.05, 0.1) is 57.7 Å². The van der Waals surface area contributed by atoms with Crippen molar-refractivity contribution in [3.05, 3.63) is 72.6 Å². The first-order chi connectivity index (χ1) is 19.4. The number of anilines is 1. The van der Waals surface area contributed by atoms with E-state index in [4.69, 9.17) is 24.7 Å². The van der Waals surface area contributed by atoms with Crippen molar-refractivity contribution in [2.24, 2.45) is 5.73 Å². The molecule has 5 aromatic rings. The molecule has 0 radical (unpaired) electrons. The summed E-state index contributed by atoms with van der Waals surface area (Å²) < 4.78 is 23.6. The third kappa shape index (κ3) is 5.14. The minimum atomic E-state index is -0.784. The van der Waals surface area contributed by atoms with Crippen LogP contribution in [0.25, 0.3) is 27.8 Å². The summed E-state index contributed by atoms with van der Waals surface area (Å²) in [5, 5.41) is 12.4. The number of H-pyrrole nitrogens is 1. The van der Waals surface area contributed by atoms with Gasteiger partial charge in [-0.15, -0.1) is 5.10 Å². The number of hydrogen-bond acceptors (Lipinski definition) is 8. The first kappa shape index (κ1) is 26.6. The molecule has 0 bridgehead atoms. The second-order valence-corrected chi connectivity index (χ2v) is 9.01. The summed E-state index contributed by atoms with van der Waals surface area (Å²) in [6.07, 6.45) is 1.97. The highest BCUT2D eigenvalue weighted by Gasteiger charge is 2.20. The van der Waals surface area contributed by atoms with E-state index in [1.807, 2.05) is 36.4 Å². The van der Waals surface area contributed by atoms with Crippen LogP contribution in [0, 0.1) is 0 Å². The molecule has 0 aliphatic carbocycles. The van der Waals surface area contributed by atoms with Crippen molar-refractivity contribution in [3.8, 4) is 39.9 Å². The minimum absolute atomic E-state index is 0.342. The van der Waals surface area contributed by atoms with Gasteiger partial charge in [-0.1, -0.05) is 23.4 Å². The van der Waals surface area contributed by atoms with Crippen molar-refractivity contribution < 1.29 is 23.7 Å². The van der Waals surface area contributed by atoms with Crippen LogP contribution < -0.4 is 30.0 Å². The molecule has 2 aromatic heterocycles. The zero-order valence-corrected chi connectivity index (χ0v) is 22.6. The molecule has 2 heterocycles. The number of fused-ring (bicyclic) bond motifs is 1. The van der Waals surface area contributed by atoms with Gasteiger partial charge in [0.2, 0.25) is 11.7 Å². The molecule has 0 aliphatic rings. The lowest BCUT2D eigenvalue weighted by Gasteiger charge is -2.16. The summed E-state index contributed by atoms with van der Waals surface area (Å²) in [5.41, 5.74) is 10.7. The van der Waals surface area contributed by atoms with Crippen molar-refractivity contribution >= 4 is 22.5 Å². The van der Waals surface area contributed by atoms with Crippen molar-refractivity contribution in [1.29, 1.82) is 0 Å². The van der Waals surface area contributed by atoms with E-state index in [0.717, 1.165) is 22.2 Å². The van der Waals surface area contributed by atoms with E-state index < -0.39 is 6.04 Å². The molecular formula is C29H30N6O5. The maximum Gasteiger partial charge on any atom is 0.241 e. The first-order valence-corrected chi connectivity index (χ1v) is 12.5. The van der Waals surface area contributed by atoms with Crippen LogP contribution >= 0.6 is 0 Å². The zero-order valence-electron chi connectivity index (χ0n) is 22.6. The van der Waals surface area contributed by atoms with Crippen molar-refractivity contribution in [3.63, 3.8) is 0 Å². The van der Waals surface area contributed by atoms with Crippen molar-refractivity contribution in [1.82, 2.24) is 20.0 Å². The maximum atomic E-state index is 13.1. The Morgan fingerprint density at radius 3 is 2.35 bits per heavy atom. The second kappa shape index (κ2) is 11.4. The second-order valence-electron chi connectivity index (χ2n) is 9.01. The van der Waals surface area contributed by atoms with Gasteiger partial charge in [-0.25, -0.2) is 4.68 Å². The number of hydrogen-bond donors (Lipinski definition) is 3. The number of methoxy groups -OCH3 is 4. The lowest BCUT2D eigenvalue weighted by atomic mass is 10.1. The largest absolute Gasteiger partial charge is 0.495 e. The van der Waals surface area contributed by atoms with E-state index >= 15 is 0 Å². The molecule has 1 atom stereocenters. The Kier molecular flexibility index (Phi) is 7.56. The fourth-order valence-electron chi connectivity index (χ4n) is 4.58. The molecule has 0 aliphatic heterocycles. The molecule has 3 aromatic carbocycles. The topological polar surface area (TPSA) is 139 Å². The molecule has 0 saturated heterocycles. The lowest BCUT2D eigenvalue weighted by molar-refractivity contribution is -0.117. The minimum Gasteiger partial charge on any atom is -0.495 e. The molecule has 40 heavy (non-hydrogen) atoms. The van der Waals surface area contributed by atoms with Gasteiger partial charge < -0.3 is 35.0 Å². The molecule has 11 heteroatoms. The summed E-state index contributed by atoms with van der Waals surface area (Å²) in [6.45, 7) is 0. The smallest absolute Gasteiger partial charge is 0.241 e. The standard InChI is InChI=1S/C29H30N6O5/c1-37-25-10-9-18(24-16-31-34-35(24)20-14-26(38-2)28(40-4)27(15-20)39-3)12-23(25)33-29(36)21(30)13-19-11-17-7-5-6-8-22(17)32-19/h5-12,14-16,21,32H,13,30H2,1-4H3,(H,33,36). The first-order valence-electron chi connectivity index (χ1n) is 12.5. The van der Waals surface area contributed by atoms with E-state index in [-0.39, 0.29) is 5.91 Å². The van der Waals surface area contributed by atoms with Gasteiger partial charge in [-0.3, -0.25) is 4.79 Å². The van der Waals surface area contributed by atoms with Gasteiger partial charge in [0, 0.05) is 35.3 Å². The van der Waals surface area contributed by atoms with E-state index in [9.17, 15) is 4.79 Å². The summed E-state index contributed by atoms with van der Waals surface area (Å²) in [7, 11) is 6.17. The number of nitrogens with zero attached hydrogens (tertiary/aromatic N) is 3. The van der Waals surface area contributed by atoms with Crippen LogP contribution in [0.3, 0.4) is 0 Å². The van der Waals surface area contributed by atoms with Gasteiger partial charge in [0.1, 0.15) is 5.75 Å². The number of aromatic nitrogens is 4. The molecule has 0 fully saturated rings. The predicted octanol–water partition coefficient (Wildman–Crippen LogP) is 3.96. The number of nitrogens with one attached hydrogen (secondary N) is 2. The number of benzene rings is 3. The number of aromatic amines is 1. The SMILES string of the molecule is COc1ccc(-c2cnnn2-c2cc(OC)c(OC)c(OC)c2)cc1NC(=O)C(N)Cc1cc2ccccc2[nH]1. The van der Waals surface area contributed by atoms with Crippen LogP contribution in [0.15, 0.2) is 66.9 Å². The fourth-order valence-corrected chi connectivity index (χ4v) is 4.58. The number of carbonyl (C=O) groups is 1.